The zero-order valence-corrected chi connectivity index (χ0v) is 14.5. The maximum absolute atomic E-state index is 12.2. The molecule has 0 aliphatic carbocycles. The zero-order chi connectivity index (χ0) is 16.9. The van der Waals surface area contributed by atoms with Crippen molar-refractivity contribution in [3.05, 3.63) is 23.3 Å². The molecule has 2 N–H and O–H groups in total. The van der Waals surface area contributed by atoms with E-state index >= 15 is 0 Å². The second-order valence-corrected chi connectivity index (χ2v) is 6.45. The summed E-state index contributed by atoms with van der Waals surface area (Å²) in [5.41, 5.74) is 2.15. The van der Waals surface area contributed by atoms with Crippen molar-refractivity contribution < 1.29 is 23.9 Å². The van der Waals surface area contributed by atoms with Crippen molar-refractivity contribution in [1.29, 1.82) is 0 Å². The second kappa shape index (κ2) is 7.85. The van der Waals surface area contributed by atoms with Crippen molar-refractivity contribution in [2.45, 2.75) is 32.9 Å². The molecule has 2 heterocycles. The standard InChI is InChI=1S/C18H26N2O4/c1-3-23-16-9-14-8-13(2)24-17(14)10-15(16)11-19-18(21)12-20-4-6-22-7-5-20/h9-10,13H,3-8,11-12H2,1-2H3,(H,19,21)/p+1/t13-/m1/s1. The van der Waals surface area contributed by atoms with Crippen LogP contribution in [0.5, 0.6) is 11.5 Å². The molecule has 1 aromatic rings. The zero-order valence-electron chi connectivity index (χ0n) is 14.5. The number of carbonyl (C=O) groups excluding carboxylic acids is 1. The molecule has 0 aromatic heterocycles. The van der Waals surface area contributed by atoms with Crippen molar-refractivity contribution in [3.8, 4) is 11.5 Å². The molecule has 0 saturated carbocycles. The molecule has 0 unspecified atom stereocenters. The third kappa shape index (κ3) is 4.19. The van der Waals surface area contributed by atoms with Gasteiger partial charge in [-0.25, -0.2) is 0 Å². The highest BCUT2D eigenvalue weighted by atomic mass is 16.5. The molecule has 3 rings (SSSR count). The van der Waals surface area contributed by atoms with Crippen LogP contribution in [0.3, 0.4) is 0 Å². The minimum absolute atomic E-state index is 0.0594. The van der Waals surface area contributed by atoms with Crippen molar-refractivity contribution in [2.24, 2.45) is 0 Å². The van der Waals surface area contributed by atoms with Crippen LogP contribution in [0.1, 0.15) is 25.0 Å². The summed E-state index contributed by atoms with van der Waals surface area (Å²) in [6, 6.07) is 4.06. The third-order valence-corrected chi connectivity index (χ3v) is 4.47. The first-order chi connectivity index (χ1) is 11.7. The SMILES string of the molecule is CCOc1cc2c(cc1CNC(=O)C[NH+]1CCOCC1)O[C@H](C)C2. The van der Waals surface area contributed by atoms with Gasteiger partial charge in [0.15, 0.2) is 6.54 Å². The Kier molecular flexibility index (Phi) is 5.58. The summed E-state index contributed by atoms with van der Waals surface area (Å²) in [5, 5.41) is 3.01. The van der Waals surface area contributed by atoms with E-state index in [4.69, 9.17) is 14.2 Å². The number of quaternary nitrogens is 1. The van der Waals surface area contributed by atoms with Crippen LogP contribution >= 0.6 is 0 Å². The third-order valence-electron chi connectivity index (χ3n) is 4.47. The van der Waals surface area contributed by atoms with E-state index in [1.165, 1.54) is 10.5 Å². The van der Waals surface area contributed by atoms with Crippen LogP contribution in [-0.2, 0) is 22.5 Å². The monoisotopic (exact) mass is 335 g/mol. The average molecular weight is 335 g/mol. The first kappa shape index (κ1) is 17.0. The lowest BCUT2D eigenvalue weighted by atomic mass is 10.1. The van der Waals surface area contributed by atoms with Crippen LogP contribution in [0.4, 0.5) is 0 Å². The van der Waals surface area contributed by atoms with Crippen LogP contribution in [0.15, 0.2) is 12.1 Å². The van der Waals surface area contributed by atoms with Gasteiger partial charge in [-0.3, -0.25) is 4.79 Å². The Bertz CT molecular complexity index is 585. The Balaban J connectivity index is 1.61. The lowest BCUT2D eigenvalue weighted by Crippen LogP contribution is -3.15. The van der Waals surface area contributed by atoms with E-state index in [-0.39, 0.29) is 12.0 Å². The molecule has 1 amide bonds. The first-order valence-electron chi connectivity index (χ1n) is 8.79. The van der Waals surface area contributed by atoms with Gasteiger partial charge < -0.3 is 24.4 Å². The van der Waals surface area contributed by atoms with Gasteiger partial charge in [0.1, 0.15) is 30.7 Å². The maximum atomic E-state index is 12.2. The molecule has 0 spiro atoms. The quantitative estimate of drug-likeness (QED) is 0.765. The van der Waals surface area contributed by atoms with Gasteiger partial charge in [-0.1, -0.05) is 0 Å². The number of rotatable bonds is 6. The van der Waals surface area contributed by atoms with E-state index in [1.54, 1.807) is 0 Å². The van der Waals surface area contributed by atoms with E-state index in [9.17, 15) is 4.79 Å². The highest BCUT2D eigenvalue weighted by Crippen LogP contribution is 2.35. The molecule has 24 heavy (non-hydrogen) atoms. The number of amides is 1. The van der Waals surface area contributed by atoms with Gasteiger partial charge in [0, 0.05) is 24.1 Å². The minimum atomic E-state index is 0.0594. The van der Waals surface area contributed by atoms with Gasteiger partial charge in [-0.15, -0.1) is 0 Å². The number of ether oxygens (including phenoxy) is 3. The molecule has 6 heteroatoms. The summed E-state index contributed by atoms with van der Waals surface area (Å²) >= 11 is 0. The van der Waals surface area contributed by atoms with Crippen LogP contribution in [-0.4, -0.2) is 51.5 Å². The van der Waals surface area contributed by atoms with E-state index < -0.39 is 0 Å². The van der Waals surface area contributed by atoms with Gasteiger partial charge >= 0.3 is 0 Å². The summed E-state index contributed by atoms with van der Waals surface area (Å²) in [7, 11) is 0. The number of nitrogens with one attached hydrogen (secondary N) is 2. The van der Waals surface area contributed by atoms with Crippen LogP contribution in [0.25, 0.3) is 0 Å². The largest absolute Gasteiger partial charge is 0.494 e. The predicted octanol–water partition coefficient (Wildman–Crippen LogP) is -0.0600. The first-order valence-corrected chi connectivity index (χ1v) is 8.79. The Morgan fingerprint density at radius 3 is 2.92 bits per heavy atom. The van der Waals surface area contributed by atoms with Gasteiger partial charge in [0.2, 0.25) is 0 Å². The van der Waals surface area contributed by atoms with Gasteiger partial charge in [-0.05, 0) is 26.0 Å². The van der Waals surface area contributed by atoms with Crippen molar-refractivity contribution >= 4 is 5.91 Å². The summed E-state index contributed by atoms with van der Waals surface area (Å²) in [6.45, 7) is 8.84. The maximum Gasteiger partial charge on any atom is 0.275 e. The van der Waals surface area contributed by atoms with Crippen LogP contribution < -0.4 is 19.7 Å². The molecule has 1 aromatic carbocycles. The number of benzene rings is 1. The number of hydrogen-bond donors (Lipinski definition) is 2. The summed E-state index contributed by atoms with van der Waals surface area (Å²) in [5.74, 6) is 1.81. The number of carbonyl (C=O) groups is 1. The molecule has 0 bridgehead atoms. The van der Waals surface area contributed by atoms with Crippen molar-refractivity contribution in [2.75, 3.05) is 39.5 Å². The lowest BCUT2D eigenvalue weighted by Gasteiger charge is -2.23. The molecular weight excluding hydrogens is 308 g/mol. The predicted molar refractivity (Wildman–Crippen MR) is 89.6 cm³/mol. The highest BCUT2D eigenvalue weighted by molar-refractivity contribution is 5.77. The number of fused-ring (bicyclic) bond motifs is 1. The van der Waals surface area contributed by atoms with E-state index in [0.29, 0.717) is 19.7 Å². The van der Waals surface area contributed by atoms with Crippen LogP contribution in [0, 0.1) is 0 Å². The highest BCUT2D eigenvalue weighted by Gasteiger charge is 2.22. The number of hydrogen-bond acceptors (Lipinski definition) is 4. The minimum Gasteiger partial charge on any atom is -0.494 e. The number of morpholine rings is 1. The summed E-state index contributed by atoms with van der Waals surface area (Å²) in [6.07, 6.45) is 1.10. The molecule has 2 aliphatic heterocycles. The molecule has 2 aliphatic rings. The lowest BCUT2D eigenvalue weighted by molar-refractivity contribution is -0.900. The van der Waals surface area contributed by atoms with Crippen molar-refractivity contribution in [1.82, 2.24) is 5.32 Å². The summed E-state index contributed by atoms with van der Waals surface area (Å²) in [4.78, 5) is 13.5. The fourth-order valence-electron chi connectivity index (χ4n) is 3.23. The average Bonchev–Trinajstić information content (AvgIpc) is 2.93. The Morgan fingerprint density at radius 1 is 1.38 bits per heavy atom. The molecular formula is C18H27N2O4+. The Hall–Kier alpha value is -1.79. The van der Waals surface area contributed by atoms with Gasteiger partial charge in [0.05, 0.1) is 19.8 Å². The second-order valence-electron chi connectivity index (χ2n) is 6.45. The normalized spacial score (nSPS) is 20.3. The van der Waals surface area contributed by atoms with E-state index in [1.807, 2.05) is 13.0 Å². The molecule has 132 valence electrons. The van der Waals surface area contributed by atoms with E-state index in [2.05, 4.69) is 18.3 Å². The summed E-state index contributed by atoms with van der Waals surface area (Å²) < 4.78 is 16.9. The Labute approximate surface area is 143 Å². The molecule has 1 atom stereocenters. The van der Waals surface area contributed by atoms with Crippen LogP contribution in [0.2, 0.25) is 0 Å². The fraction of sp³-hybridized carbons (Fsp3) is 0.611. The molecule has 1 saturated heterocycles. The smallest absolute Gasteiger partial charge is 0.275 e. The molecule has 0 radical (unpaired) electrons. The van der Waals surface area contributed by atoms with Crippen molar-refractivity contribution in [3.63, 3.8) is 0 Å². The van der Waals surface area contributed by atoms with Gasteiger partial charge in [-0.2, -0.15) is 0 Å². The Morgan fingerprint density at radius 2 is 2.17 bits per heavy atom. The topological polar surface area (TPSA) is 61.2 Å². The fourth-order valence-corrected chi connectivity index (χ4v) is 3.23. The van der Waals surface area contributed by atoms with Gasteiger partial charge in [0.25, 0.3) is 5.91 Å². The molecule has 1 fully saturated rings. The molecule has 6 nitrogen and oxygen atoms in total. The van der Waals surface area contributed by atoms with E-state index in [0.717, 1.165) is 49.8 Å².